The van der Waals surface area contributed by atoms with Crippen molar-refractivity contribution in [2.75, 3.05) is 10.0 Å². The molecular formula is C29H32F3N5O4S. The van der Waals surface area contributed by atoms with Gasteiger partial charge in [-0.1, -0.05) is 36.8 Å². The second kappa shape index (κ2) is 13.9. The van der Waals surface area contributed by atoms with Gasteiger partial charge in [0.2, 0.25) is 5.88 Å². The second-order valence-electron chi connectivity index (χ2n) is 10.4. The molecular weight excluding hydrogens is 571 g/mol. The number of anilines is 2. The van der Waals surface area contributed by atoms with Crippen molar-refractivity contribution in [1.29, 1.82) is 0 Å². The van der Waals surface area contributed by atoms with E-state index in [4.69, 9.17) is 4.18 Å². The molecule has 0 spiro atoms. The Morgan fingerprint density at radius 2 is 1.90 bits per heavy atom. The number of carbonyl (C=O) groups is 1. The van der Waals surface area contributed by atoms with Gasteiger partial charge >= 0.3 is 23.3 Å². The molecule has 9 nitrogen and oxygen atoms in total. The third-order valence-electron chi connectivity index (χ3n) is 7.09. The molecule has 3 unspecified atom stereocenters. The molecule has 2 aliphatic carbocycles. The van der Waals surface area contributed by atoms with Gasteiger partial charge in [-0.15, -0.1) is 4.91 Å². The third-order valence-corrected chi connectivity index (χ3v) is 7.78. The minimum absolute atomic E-state index is 0.0843. The van der Waals surface area contributed by atoms with Gasteiger partial charge < -0.3 is 9.50 Å². The molecule has 2 aromatic rings. The molecule has 42 heavy (non-hydrogen) atoms. The maximum absolute atomic E-state index is 13.7. The third kappa shape index (κ3) is 8.34. The van der Waals surface area contributed by atoms with Crippen molar-refractivity contribution in [3.8, 4) is 5.88 Å². The van der Waals surface area contributed by atoms with Gasteiger partial charge in [0.1, 0.15) is 17.7 Å². The minimum Gasteiger partial charge on any atom is -0.364 e. The SMILES string of the molecule is CC1=CCCC=C1c1nc(NS(=O)Oc2cccc(NC(CCC3=CCCC(C)C3)C(=O)N=O)n2)ccc1C(F)(F)F. The predicted molar refractivity (Wildman–Crippen MR) is 155 cm³/mol. The first-order chi connectivity index (χ1) is 20.0. The largest absolute Gasteiger partial charge is 0.418 e. The molecule has 2 heterocycles. The van der Waals surface area contributed by atoms with Crippen LogP contribution < -0.4 is 14.2 Å². The quantitative estimate of drug-likeness (QED) is 0.204. The number of nitroso groups, excluding NO2 is 1. The van der Waals surface area contributed by atoms with E-state index in [1.54, 1.807) is 25.1 Å². The molecule has 0 aliphatic heterocycles. The van der Waals surface area contributed by atoms with E-state index in [2.05, 4.69) is 38.2 Å². The number of alkyl halides is 3. The fraction of sp³-hybridized carbons (Fsp3) is 0.414. The number of allylic oxidation sites excluding steroid dienone is 6. The average Bonchev–Trinajstić information content (AvgIpc) is 2.94. The van der Waals surface area contributed by atoms with Crippen LogP contribution in [0.2, 0.25) is 0 Å². The van der Waals surface area contributed by atoms with E-state index in [-0.39, 0.29) is 23.2 Å². The summed E-state index contributed by atoms with van der Waals surface area (Å²) in [5, 5.41) is 5.48. The smallest absolute Gasteiger partial charge is 0.364 e. The summed E-state index contributed by atoms with van der Waals surface area (Å²) in [6.07, 6.45) is 6.43. The number of carbonyl (C=O) groups excluding carboxylic acids is 1. The number of hydrogen-bond donors (Lipinski definition) is 2. The standard InChI is InChI=1S/C29H32F3N5O4S/c1-18-7-5-9-20(17-18)13-15-23(28(38)36-39)33-24-11-6-12-26(34-24)41-42(40)37-25-16-14-22(29(30,31)32)27(35-25)21-10-4-3-8-19(21)2/h6,8-12,14,16,18,23H,3-5,7,13,15,17H2,1-2H3,(H,33,34)(H,35,37). The monoisotopic (exact) mass is 603 g/mol. The number of rotatable bonds is 11. The van der Waals surface area contributed by atoms with E-state index in [9.17, 15) is 27.1 Å². The average molecular weight is 604 g/mol. The number of halogens is 3. The van der Waals surface area contributed by atoms with E-state index in [1.165, 1.54) is 11.6 Å². The predicted octanol–water partition coefficient (Wildman–Crippen LogP) is 7.29. The first kappa shape index (κ1) is 31.1. The van der Waals surface area contributed by atoms with Gasteiger partial charge in [-0.3, -0.25) is 9.52 Å². The van der Waals surface area contributed by atoms with Crippen LogP contribution in [0.25, 0.3) is 5.57 Å². The summed E-state index contributed by atoms with van der Waals surface area (Å²) < 4.78 is 61.7. The number of hydrogen-bond acceptors (Lipinski definition) is 7. The Morgan fingerprint density at radius 3 is 2.62 bits per heavy atom. The molecule has 0 aromatic carbocycles. The van der Waals surface area contributed by atoms with Crippen molar-refractivity contribution in [2.45, 2.75) is 71.0 Å². The Hall–Kier alpha value is -3.87. The highest BCUT2D eigenvalue weighted by atomic mass is 32.2. The maximum atomic E-state index is 13.7. The van der Waals surface area contributed by atoms with Crippen molar-refractivity contribution in [3.63, 3.8) is 0 Å². The lowest BCUT2D eigenvalue weighted by Gasteiger charge is -2.21. The Bertz CT molecular complexity index is 1440. The van der Waals surface area contributed by atoms with Gasteiger partial charge in [-0.2, -0.15) is 22.4 Å². The van der Waals surface area contributed by atoms with Gasteiger partial charge in [-0.05, 0) is 87.1 Å². The molecule has 2 N–H and O–H groups in total. The Labute approximate surface area is 244 Å². The zero-order chi connectivity index (χ0) is 30.3. The summed E-state index contributed by atoms with van der Waals surface area (Å²) in [5.41, 5.74) is 1.11. The van der Waals surface area contributed by atoms with Crippen LogP contribution in [0.5, 0.6) is 5.88 Å². The van der Waals surface area contributed by atoms with E-state index in [0.29, 0.717) is 36.3 Å². The van der Waals surface area contributed by atoms with Gasteiger partial charge in [0, 0.05) is 11.2 Å². The van der Waals surface area contributed by atoms with Crippen molar-refractivity contribution in [2.24, 2.45) is 11.1 Å². The van der Waals surface area contributed by atoms with E-state index < -0.39 is 35.0 Å². The lowest BCUT2D eigenvalue weighted by Crippen LogP contribution is -2.28. The summed E-state index contributed by atoms with van der Waals surface area (Å²) in [7, 11) is 0. The molecule has 2 aromatic heterocycles. The van der Waals surface area contributed by atoms with Gasteiger partial charge in [-0.25, -0.2) is 4.98 Å². The van der Waals surface area contributed by atoms with Gasteiger partial charge in [0.05, 0.1) is 11.3 Å². The normalized spacial score (nSPS) is 18.6. The lowest BCUT2D eigenvalue weighted by atomic mass is 9.87. The second-order valence-corrected chi connectivity index (χ2v) is 11.2. The topological polar surface area (TPSA) is 123 Å². The fourth-order valence-electron chi connectivity index (χ4n) is 5.00. The van der Waals surface area contributed by atoms with Crippen LogP contribution in [0.15, 0.2) is 64.9 Å². The van der Waals surface area contributed by atoms with Crippen LogP contribution in [0.4, 0.5) is 24.8 Å². The Morgan fingerprint density at radius 1 is 1.12 bits per heavy atom. The fourth-order valence-corrected chi connectivity index (χ4v) is 5.57. The van der Waals surface area contributed by atoms with E-state index >= 15 is 0 Å². The number of nitrogens with zero attached hydrogens (tertiary/aromatic N) is 3. The molecule has 0 fully saturated rings. The van der Waals surface area contributed by atoms with Crippen molar-refractivity contribution >= 4 is 34.4 Å². The van der Waals surface area contributed by atoms with Crippen LogP contribution >= 0.6 is 0 Å². The summed E-state index contributed by atoms with van der Waals surface area (Å²) in [6.45, 7) is 3.90. The molecule has 0 saturated carbocycles. The molecule has 1 amide bonds. The minimum atomic E-state index is -4.63. The van der Waals surface area contributed by atoms with E-state index in [0.717, 1.165) is 37.8 Å². The molecule has 2 aliphatic rings. The highest BCUT2D eigenvalue weighted by Crippen LogP contribution is 2.38. The molecule has 4 rings (SSSR count). The van der Waals surface area contributed by atoms with Crippen LogP contribution in [0.3, 0.4) is 0 Å². The molecule has 13 heteroatoms. The summed E-state index contributed by atoms with van der Waals surface area (Å²) in [4.78, 5) is 31.5. The van der Waals surface area contributed by atoms with E-state index in [1.807, 2.05) is 6.08 Å². The molecule has 224 valence electrons. The number of aromatic nitrogens is 2. The Kier molecular flexibility index (Phi) is 10.3. The Balaban J connectivity index is 1.44. The first-order valence-electron chi connectivity index (χ1n) is 13.6. The van der Waals surface area contributed by atoms with Crippen molar-refractivity contribution in [3.05, 3.63) is 75.9 Å². The summed E-state index contributed by atoms with van der Waals surface area (Å²) >= 11 is -2.27. The molecule has 3 atom stereocenters. The van der Waals surface area contributed by atoms with Crippen LogP contribution in [-0.4, -0.2) is 26.1 Å². The van der Waals surface area contributed by atoms with Crippen molar-refractivity contribution in [1.82, 2.24) is 9.97 Å². The summed E-state index contributed by atoms with van der Waals surface area (Å²) in [6, 6.07) is 5.56. The highest BCUT2D eigenvalue weighted by Gasteiger charge is 2.35. The number of nitrogens with one attached hydrogen (secondary N) is 2. The molecule has 0 bridgehead atoms. The van der Waals surface area contributed by atoms with Gasteiger partial charge in [0.15, 0.2) is 0 Å². The van der Waals surface area contributed by atoms with Crippen LogP contribution in [0, 0.1) is 10.8 Å². The van der Waals surface area contributed by atoms with Gasteiger partial charge in [0.25, 0.3) is 0 Å². The zero-order valence-electron chi connectivity index (χ0n) is 23.2. The zero-order valence-corrected chi connectivity index (χ0v) is 24.1. The highest BCUT2D eigenvalue weighted by molar-refractivity contribution is 7.81. The molecule has 0 saturated heterocycles. The van der Waals surface area contributed by atoms with Crippen LogP contribution in [-0.2, 0) is 22.2 Å². The van der Waals surface area contributed by atoms with Crippen LogP contribution in [0.1, 0.15) is 70.1 Å². The number of pyridine rings is 2. The first-order valence-corrected chi connectivity index (χ1v) is 14.7. The maximum Gasteiger partial charge on any atom is 0.418 e. The number of amides is 1. The van der Waals surface area contributed by atoms with Crippen molar-refractivity contribution < 1.29 is 26.4 Å². The lowest BCUT2D eigenvalue weighted by molar-refractivity contribution is -0.138. The molecule has 0 radical (unpaired) electrons. The summed E-state index contributed by atoms with van der Waals surface area (Å²) in [5.74, 6) is -0.283.